The highest BCUT2D eigenvalue weighted by Crippen LogP contribution is 2.27. The first kappa shape index (κ1) is 13.4. The number of carbonyl (C=O) groups excluding carboxylic acids is 1. The van der Waals surface area contributed by atoms with E-state index in [1.807, 2.05) is 13.0 Å². The maximum Gasteiger partial charge on any atom is 0.154 e. The van der Waals surface area contributed by atoms with Gasteiger partial charge in [-0.25, -0.2) is 0 Å². The van der Waals surface area contributed by atoms with Gasteiger partial charge in [0.2, 0.25) is 0 Å². The van der Waals surface area contributed by atoms with E-state index < -0.39 is 0 Å². The maximum atomic E-state index is 11.0. The van der Waals surface area contributed by atoms with Gasteiger partial charge in [-0.3, -0.25) is 4.79 Å². The van der Waals surface area contributed by atoms with Gasteiger partial charge in [-0.05, 0) is 51.5 Å². The summed E-state index contributed by atoms with van der Waals surface area (Å²) in [4.78, 5) is 11.0. The van der Waals surface area contributed by atoms with Gasteiger partial charge < -0.3 is 9.88 Å². The fraction of sp³-hybridized carbons (Fsp3) is 0.312. The Morgan fingerprint density at radius 3 is 2.58 bits per heavy atom. The Hall–Kier alpha value is -2.03. The molecule has 0 bridgehead atoms. The summed E-state index contributed by atoms with van der Waals surface area (Å²) in [5.74, 6) is 0.0524. The Labute approximate surface area is 113 Å². The van der Waals surface area contributed by atoms with Crippen molar-refractivity contribution in [3.05, 3.63) is 41.2 Å². The van der Waals surface area contributed by atoms with Gasteiger partial charge >= 0.3 is 0 Å². The molecular weight excluding hydrogens is 236 g/mol. The van der Waals surface area contributed by atoms with E-state index in [1.165, 1.54) is 22.2 Å². The molecule has 0 aliphatic heterocycles. The Morgan fingerprint density at radius 1 is 1.26 bits per heavy atom. The second kappa shape index (κ2) is 4.92. The Morgan fingerprint density at radius 2 is 1.95 bits per heavy atom. The third-order valence-corrected chi connectivity index (χ3v) is 3.57. The lowest BCUT2D eigenvalue weighted by Gasteiger charge is -2.07. The number of hydrogen-bond donors (Lipinski definition) is 1. The van der Waals surface area contributed by atoms with Crippen LogP contribution in [-0.4, -0.2) is 10.4 Å². The number of rotatable bonds is 3. The summed E-state index contributed by atoms with van der Waals surface area (Å²) in [5.41, 5.74) is 5.66. The van der Waals surface area contributed by atoms with Crippen LogP contribution in [0.3, 0.4) is 0 Å². The highest BCUT2D eigenvalue weighted by atomic mass is 16.1. The van der Waals surface area contributed by atoms with Crippen molar-refractivity contribution in [2.24, 2.45) is 7.05 Å². The summed E-state index contributed by atoms with van der Waals surface area (Å²) in [7, 11) is 2.08. The molecule has 0 amide bonds. The molecule has 0 atom stereocenters. The number of ketones is 1. The lowest BCUT2D eigenvalue weighted by molar-refractivity contribution is -0.112. The van der Waals surface area contributed by atoms with Crippen molar-refractivity contribution in [2.45, 2.75) is 27.7 Å². The van der Waals surface area contributed by atoms with Crippen molar-refractivity contribution >= 4 is 22.4 Å². The van der Waals surface area contributed by atoms with Crippen LogP contribution in [-0.2, 0) is 11.8 Å². The largest absolute Gasteiger partial charge is 0.359 e. The molecule has 3 heteroatoms. The number of nitrogens with one attached hydrogen (secondary N) is 1. The maximum absolute atomic E-state index is 11.0. The highest BCUT2D eigenvalue weighted by Gasteiger charge is 2.08. The normalized spacial score (nSPS) is 11.9. The van der Waals surface area contributed by atoms with E-state index in [2.05, 4.69) is 42.9 Å². The summed E-state index contributed by atoms with van der Waals surface area (Å²) >= 11 is 0. The molecule has 100 valence electrons. The first-order valence-corrected chi connectivity index (χ1v) is 6.41. The van der Waals surface area contributed by atoms with E-state index in [-0.39, 0.29) is 5.78 Å². The second-order valence-corrected chi connectivity index (χ2v) is 5.06. The molecule has 0 saturated heterocycles. The third kappa shape index (κ3) is 2.55. The molecule has 0 aliphatic carbocycles. The molecule has 0 fully saturated rings. The van der Waals surface area contributed by atoms with Crippen LogP contribution in [0.25, 0.3) is 10.9 Å². The molecule has 3 nitrogen and oxygen atoms in total. The number of benzene rings is 1. The summed E-state index contributed by atoms with van der Waals surface area (Å²) in [6, 6.07) is 6.29. The monoisotopic (exact) mass is 256 g/mol. The predicted molar refractivity (Wildman–Crippen MR) is 80.5 cm³/mol. The zero-order chi connectivity index (χ0) is 14.2. The third-order valence-electron chi connectivity index (χ3n) is 3.57. The second-order valence-electron chi connectivity index (χ2n) is 5.06. The first-order valence-electron chi connectivity index (χ1n) is 6.41. The zero-order valence-corrected chi connectivity index (χ0v) is 12.2. The number of allylic oxidation sites excluding steroid dienone is 2. The standard InChI is InChI=1S/C16H20N2O/c1-10(8-11(2)19)17-14-6-7-15-12(3)13(4)18(5)16(15)9-14/h6-9,17H,1-5H3. The Balaban J connectivity index is 2.42. The molecule has 0 spiro atoms. The molecular formula is C16H20N2O. The van der Waals surface area contributed by atoms with E-state index in [0.717, 1.165) is 11.4 Å². The topological polar surface area (TPSA) is 34.0 Å². The van der Waals surface area contributed by atoms with Crippen LogP contribution >= 0.6 is 0 Å². The molecule has 1 aromatic carbocycles. The SMILES string of the molecule is CC(=O)C=C(C)Nc1ccc2c(C)c(C)n(C)c2c1. The summed E-state index contributed by atoms with van der Waals surface area (Å²) < 4.78 is 2.19. The number of nitrogens with zero attached hydrogens (tertiary/aromatic N) is 1. The smallest absolute Gasteiger partial charge is 0.154 e. The van der Waals surface area contributed by atoms with Crippen LogP contribution in [0.2, 0.25) is 0 Å². The molecule has 1 aromatic heterocycles. The van der Waals surface area contributed by atoms with Gasteiger partial charge in [0, 0.05) is 29.5 Å². The van der Waals surface area contributed by atoms with Gasteiger partial charge in [0.05, 0.1) is 5.52 Å². The van der Waals surface area contributed by atoms with Crippen LogP contribution in [0.15, 0.2) is 30.0 Å². The molecule has 1 heterocycles. The Kier molecular flexibility index (Phi) is 3.47. The number of fused-ring (bicyclic) bond motifs is 1. The van der Waals surface area contributed by atoms with Crippen molar-refractivity contribution in [3.63, 3.8) is 0 Å². The minimum absolute atomic E-state index is 0.0524. The molecule has 0 radical (unpaired) electrons. The van der Waals surface area contributed by atoms with Crippen LogP contribution in [0, 0.1) is 13.8 Å². The van der Waals surface area contributed by atoms with Crippen LogP contribution in [0.5, 0.6) is 0 Å². The number of aryl methyl sites for hydroxylation is 2. The van der Waals surface area contributed by atoms with Crippen molar-refractivity contribution in [3.8, 4) is 0 Å². The van der Waals surface area contributed by atoms with Crippen molar-refractivity contribution in [1.82, 2.24) is 4.57 Å². The van der Waals surface area contributed by atoms with E-state index >= 15 is 0 Å². The average molecular weight is 256 g/mol. The molecule has 0 unspecified atom stereocenters. The Bertz CT molecular complexity index is 678. The molecule has 2 aromatic rings. The zero-order valence-electron chi connectivity index (χ0n) is 12.2. The van der Waals surface area contributed by atoms with Crippen molar-refractivity contribution in [1.29, 1.82) is 0 Å². The molecule has 0 saturated carbocycles. The van der Waals surface area contributed by atoms with E-state index in [1.54, 1.807) is 13.0 Å². The molecule has 19 heavy (non-hydrogen) atoms. The average Bonchev–Trinajstić information content (AvgIpc) is 2.53. The summed E-state index contributed by atoms with van der Waals surface area (Å²) in [5, 5.41) is 4.52. The predicted octanol–water partition coefficient (Wildman–Crippen LogP) is 3.70. The van der Waals surface area contributed by atoms with Crippen molar-refractivity contribution < 1.29 is 4.79 Å². The lowest BCUT2D eigenvalue weighted by Crippen LogP contribution is -1.98. The number of carbonyl (C=O) groups is 1. The summed E-state index contributed by atoms with van der Waals surface area (Å²) in [6.45, 7) is 7.72. The van der Waals surface area contributed by atoms with Crippen molar-refractivity contribution in [2.75, 3.05) is 5.32 Å². The van der Waals surface area contributed by atoms with E-state index in [9.17, 15) is 4.79 Å². The number of aromatic nitrogens is 1. The van der Waals surface area contributed by atoms with Gasteiger partial charge in [0.1, 0.15) is 0 Å². The van der Waals surface area contributed by atoms with Gasteiger partial charge in [0.15, 0.2) is 5.78 Å². The number of anilines is 1. The van der Waals surface area contributed by atoms with Crippen LogP contribution in [0.1, 0.15) is 25.1 Å². The van der Waals surface area contributed by atoms with Crippen LogP contribution < -0.4 is 5.32 Å². The van der Waals surface area contributed by atoms with Gasteiger partial charge in [-0.1, -0.05) is 6.07 Å². The molecule has 0 aliphatic rings. The minimum atomic E-state index is 0.0524. The number of hydrogen-bond acceptors (Lipinski definition) is 2. The summed E-state index contributed by atoms with van der Waals surface area (Å²) in [6.07, 6.45) is 1.60. The fourth-order valence-corrected chi connectivity index (χ4v) is 2.40. The minimum Gasteiger partial charge on any atom is -0.359 e. The van der Waals surface area contributed by atoms with Gasteiger partial charge in [-0.15, -0.1) is 0 Å². The first-order chi connectivity index (χ1) is 8.90. The molecule has 2 rings (SSSR count). The van der Waals surface area contributed by atoms with Gasteiger partial charge in [-0.2, -0.15) is 0 Å². The molecule has 1 N–H and O–H groups in total. The van der Waals surface area contributed by atoms with E-state index in [4.69, 9.17) is 0 Å². The van der Waals surface area contributed by atoms with E-state index in [0.29, 0.717) is 0 Å². The van der Waals surface area contributed by atoms with Crippen LogP contribution in [0.4, 0.5) is 5.69 Å². The quantitative estimate of drug-likeness (QED) is 0.850. The van der Waals surface area contributed by atoms with Gasteiger partial charge in [0.25, 0.3) is 0 Å². The highest BCUT2D eigenvalue weighted by molar-refractivity contribution is 5.90. The lowest BCUT2D eigenvalue weighted by atomic mass is 10.1. The fourth-order valence-electron chi connectivity index (χ4n) is 2.40.